The Morgan fingerprint density at radius 1 is 1.28 bits per heavy atom. The molecule has 0 saturated heterocycles. The van der Waals surface area contributed by atoms with Crippen molar-refractivity contribution in [2.75, 3.05) is 5.73 Å². The predicted molar refractivity (Wildman–Crippen MR) is 72.5 cm³/mol. The number of aromatic nitrogens is 3. The molecule has 18 heavy (non-hydrogen) atoms. The Hall–Kier alpha value is -1.55. The van der Waals surface area contributed by atoms with Crippen molar-refractivity contribution < 1.29 is 0 Å². The fourth-order valence-electron chi connectivity index (χ4n) is 2.54. The number of hydrogen-bond donors (Lipinski definition) is 2. The minimum atomic E-state index is 0.509. The van der Waals surface area contributed by atoms with E-state index in [4.69, 9.17) is 17.3 Å². The summed E-state index contributed by atoms with van der Waals surface area (Å²) in [7, 11) is 0. The van der Waals surface area contributed by atoms with Crippen LogP contribution in [0.5, 0.6) is 0 Å². The predicted octanol–water partition coefficient (Wildman–Crippen LogP) is 3.36. The first kappa shape index (κ1) is 11.5. The third-order valence-electron chi connectivity index (χ3n) is 3.51. The van der Waals surface area contributed by atoms with Gasteiger partial charge in [0, 0.05) is 11.6 Å². The third-order valence-corrected chi connectivity index (χ3v) is 3.83. The van der Waals surface area contributed by atoms with Crippen LogP contribution >= 0.6 is 11.6 Å². The van der Waals surface area contributed by atoms with E-state index in [0.29, 0.717) is 22.5 Å². The summed E-state index contributed by atoms with van der Waals surface area (Å²) >= 11 is 6.16. The van der Waals surface area contributed by atoms with Crippen molar-refractivity contribution in [3.63, 3.8) is 0 Å². The summed E-state index contributed by atoms with van der Waals surface area (Å²) in [6, 6.07) is 5.44. The Kier molecular flexibility index (Phi) is 2.96. The van der Waals surface area contributed by atoms with Crippen molar-refractivity contribution in [3.05, 3.63) is 29.0 Å². The Balaban J connectivity index is 1.97. The molecule has 1 heterocycles. The molecule has 1 aliphatic carbocycles. The molecule has 0 radical (unpaired) electrons. The largest absolute Gasteiger partial charge is 0.398 e. The first-order valence-electron chi connectivity index (χ1n) is 6.22. The van der Waals surface area contributed by atoms with Crippen LogP contribution < -0.4 is 5.73 Å². The second kappa shape index (κ2) is 4.61. The Labute approximate surface area is 111 Å². The number of benzene rings is 1. The van der Waals surface area contributed by atoms with E-state index in [1.165, 1.54) is 25.7 Å². The van der Waals surface area contributed by atoms with Gasteiger partial charge in [-0.25, -0.2) is 4.98 Å². The number of hydrogen-bond acceptors (Lipinski definition) is 3. The van der Waals surface area contributed by atoms with Crippen molar-refractivity contribution in [2.24, 2.45) is 0 Å². The summed E-state index contributed by atoms with van der Waals surface area (Å²) in [4.78, 5) is 4.55. The van der Waals surface area contributed by atoms with Crippen LogP contribution in [-0.2, 0) is 0 Å². The third kappa shape index (κ3) is 1.97. The number of H-pyrrole nitrogens is 1. The maximum atomic E-state index is 6.16. The molecule has 4 nitrogen and oxygen atoms in total. The fraction of sp³-hybridized carbons (Fsp3) is 0.385. The van der Waals surface area contributed by atoms with E-state index in [0.717, 1.165) is 11.4 Å². The number of nitrogen functional groups attached to an aromatic ring is 1. The maximum Gasteiger partial charge on any atom is 0.184 e. The van der Waals surface area contributed by atoms with Gasteiger partial charge in [-0.15, -0.1) is 0 Å². The molecule has 3 rings (SSSR count). The molecule has 0 aliphatic heterocycles. The number of nitrogens with one attached hydrogen (secondary N) is 1. The Bertz CT molecular complexity index is 538. The molecule has 1 fully saturated rings. The van der Waals surface area contributed by atoms with E-state index >= 15 is 0 Å². The molecule has 1 saturated carbocycles. The molecule has 1 aliphatic rings. The van der Waals surface area contributed by atoms with Gasteiger partial charge in [0.1, 0.15) is 5.82 Å². The SMILES string of the molecule is Nc1cccc(Cl)c1-c1n[nH]c(C2CCCC2)n1. The average molecular weight is 263 g/mol. The van der Waals surface area contributed by atoms with Crippen molar-refractivity contribution in [3.8, 4) is 11.4 Å². The van der Waals surface area contributed by atoms with Crippen LogP contribution in [0.3, 0.4) is 0 Å². The molecule has 0 spiro atoms. The summed E-state index contributed by atoms with van der Waals surface area (Å²) in [6.07, 6.45) is 4.92. The first-order chi connectivity index (χ1) is 8.75. The second-order valence-electron chi connectivity index (χ2n) is 4.73. The van der Waals surface area contributed by atoms with Gasteiger partial charge in [-0.3, -0.25) is 5.10 Å². The van der Waals surface area contributed by atoms with Gasteiger partial charge in [-0.05, 0) is 25.0 Å². The molecule has 0 unspecified atom stereocenters. The second-order valence-corrected chi connectivity index (χ2v) is 5.14. The highest BCUT2D eigenvalue weighted by Gasteiger charge is 2.22. The van der Waals surface area contributed by atoms with Crippen LogP contribution in [0.2, 0.25) is 5.02 Å². The van der Waals surface area contributed by atoms with Gasteiger partial charge >= 0.3 is 0 Å². The summed E-state index contributed by atoms with van der Waals surface area (Å²) in [5, 5.41) is 7.87. The first-order valence-corrected chi connectivity index (χ1v) is 6.60. The van der Waals surface area contributed by atoms with Crippen LogP contribution in [0.25, 0.3) is 11.4 Å². The molecule has 0 amide bonds. The molecule has 5 heteroatoms. The van der Waals surface area contributed by atoms with Crippen LogP contribution in [0.4, 0.5) is 5.69 Å². The number of aromatic amines is 1. The molecular weight excluding hydrogens is 248 g/mol. The Morgan fingerprint density at radius 3 is 2.78 bits per heavy atom. The van der Waals surface area contributed by atoms with Gasteiger partial charge in [0.25, 0.3) is 0 Å². The van der Waals surface area contributed by atoms with Gasteiger partial charge in [0.05, 0.1) is 10.6 Å². The van der Waals surface area contributed by atoms with E-state index in [-0.39, 0.29) is 0 Å². The zero-order valence-electron chi connectivity index (χ0n) is 9.99. The Morgan fingerprint density at radius 2 is 2.06 bits per heavy atom. The van der Waals surface area contributed by atoms with Crippen LogP contribution in [0.15, 0.2) is 18.2 Å². The highest BCUT2D eigenvalue weighted by Crippen LogP contribution is 2.35. The van der Waals surface area contributed by atoms with Gasteiger partial charge < -0.3 is 5.73 Å². The minimum absolute atomic E-state index is 0.509. The lowest BCUT2D eigenvalue weighted by Gasteiger charge is -2.04. The smallest absolute Gasteiger partial charge is 0.184 e. The van der Waals surface area contributed by atoms with E-state index in [9.17, 15) is 0 Å². The van der Waals surface area contributed by atoms with Crippen LogP contribution in [0, 0.1) is 0 Å². The number of anilines is 1. The average Bonchev–Trinajstić information content (AvgIpc) is 2.99. The van der Waals surface area contributed by atoms with Gasteiger partial charge in [-0.2, -0.15) is 5.10 Å². The van der Waals surface area contributed by atoms with Crippen molar-refractivity contribution in [2.45, 2.75) is 31.6 Å². The zero-order chi connectivity index (χ0) is 12.5. The lowest BCUT2D eigenvalue weighted by atomic mass is 10.1. The molecule has 1 aromatic carbocycles. The van der Waals surface area contributed by atoms with E-state index in [1.54, 1.807) is 6.07 Å². The van der Waals surface area contributed by atoms with Gasteiger partial charge in [0.15, 0.2) is 5.82 Å². The van der Waals surface area contributed by atoms with Crippen LogP contribution in [0.1, 0.15) is 37.4 Å². The summed E-state index contributed by atoms with van der Waals surface area (Å²) in [5.74, 6) is 2.07. The van der Waals surface area contributed by atoms with Crippen molar-refractivity contribution in [1.29, 1.82) is 0 Å². The number of nitrogens with zero attached hydrogens (tertiary/aromatic N) is 2. The summed E-state index contributed by atoms with van der Waals surface area (Å²) < 4.78 is 0. The van der Waals surface area contributed by atoms with Gasteiger partial charge in [0.2, 0.25) is 0 Å². The maximum absolute atomic E-state index is 6.16. The molecule has 3 N–H and O–H groups in total. The fourth-order valence-corrected chi connectivity index (χ4v) is 2.81. The van der Waals surface area contributed by atoms with Crippen LogP contribution in [-0.4, -0.2) is 15.2 Å². The normalized spacial score (nSPS) is 16.3. The molecule has 0 atom stereocenters. The lowest BCUT2D eigenvalue weighted by molar-refractivity contribution is 0.672. The minimum Gasteiger partial charge on any atom is -0.398 e. The topological polar surface area (TPSA) is 67.6 Å². The standard InChI is InChI=1S/C13H15ClN4/c14-9-6-3-7-10(15)11(9)13-16-12(17-18-13)8-4-1-2-5-8/h3,6-8H,1-2,4-5,15H2,(H,16,17,18). The highest BCUT2D eigenvalue weighted by atomic mass is 35.5. The molecule has 0 bridgehead atoms. The zero-order valence-corrected chi connectivity index (χ0v) is 10.7. The molecule has 1 aromatic heterocycles. The molecule has 2 aromatic rings. The lowest BCUT2D eigenvalue weighted by Crippen LogP contribution is -1.95. The van der Waals surface area contributed by atoms with Crippen molar-refractivity contribution >= 4 is 17.3 Å². The quantitative estimate of drug-likeness (QED) is 0.816. The van der Waals surface area contributed by atoms with E-state index in [2.05, 4.69) is 15.2 Å². The molecular formula is C13H15ClN4. The molecule has 94 valence electrons. The monoisotopic (exact) mass is 262 g/mol. The summed E-state index contributed by atoms with van der Waals surface area (Å²) in [6.45, 7) is 0. The number of halogens is 1. The van der Waals surface area contributed by atoms with Gasteiger partial charge in [-0.1, -0.05) is 30.5 Å². The highest BCUT2D eigenvalue weighted by molar-refractivity contribution is 6.33. The van der Waals surface area contributed by atoms with E-state index < -0.39 is 0 Å². The number of nitrogens with two attached hydrogens (primary N) is 1. The number of rotatable bonds is 2. The van der Waals surface area contributed by atoms with Crippen molar-refractivity contribution in [1.82, 2.24) is 15.2 Å². The van der Waals surface area contributed by atoms with E-state index in [1.807, 2.05) is 12.1 Å². The summed E-state index contributed by atoms with van der Waals surface area (Å²) in [5.41, 5.74) is 7.27.